The standard InChI is InChI=1S/C18H21N/c1-13-5-3-4-6-17(13)18-11-15(8-7-14(18)2)12-19-16-9-10-16/h3-8,11,16,19H,9-10,12H2,1-2H3. The molecule has 19 heavy (non-hydrogen) atoms. The predicted molar refractivity (Wildman–Crippen MR) is 81.2 cm³/mol. The Morgan fingerprint density at radius 1 is 0.947 bits per heavy atom. The summed E-state index contributed by atoms with van der Waals surface area (Å²) in [7, 11) is 0. The van der Waals surface area contributed by atoms with Gasteiger partial charge in [-0.15, -0.1) is 0 Å². The van der Waals surface area contributed by atoms with Gasteiger partial charge in [0.25, 0.3) is 0 Å². The molecule has 2 aromatic rings. The number of aryl methyl sites for hydroxylation is 2. The largest absolute Gasteiger partial charge is 0.310 e. The first-order valence-corrected chi connectivity index (χ1v) is 7.13. The van der Waals surface area contributed by atoms with Crippen molar-refractivity contribution in [2.24, 2.45) is 0 Å². The highest BCUT2D eigenvalue weighted by Crippen LogP contribution is 2.28. The van der Waals surface area contributed by atoms with Gasteiger partial charge in [0.05, 0.1) is 0 Å². The highest BCUT2D eigenvalue weighted by molar-refractivity contribution is 5.70. The quantitative estimate of drug-likeness (QED) is 0.857. The first kappa shape index (κ1) is 12.4. The van der Waals surface area contributed by atoms with Crippen molar-refractivity contribution in [3.8, 4) is 11.1 Å². The van der Waals surface area contributed by atoms with Crippen molar-refractivity contribution in [3.63, 3.8) is 0 Å². The van der Waals surface area contributed by atoms with Crippen molar-refractivity contribution >= 4 is 0 Å². The Morgan fingerprint density at radius 2 is 1.68 bits per heavy atom. The van der Waals surface area contributed by atoms with Crippen LogP contribution in [0, 0.1) is 13.8 Å². The molecule has 0 amide bonds. The summed E-state index contributed by atoms with van der Waals surface area (Å²) in [6, 6.07) is 16.2. The molecule has 1 aliphatic rings. The Labute approximate surface area is 115 Å². The summed E-state index contributed by atoms with van der Waals surface area (Å²) in [5.41, 5.74) is 6.81. The van der Waals surface area contributed by atoms with Gasteiger partial charge in [-0.2, -0.15) is 0 Å². The van der Waals surface area contributed by atoms with E-state index in [-0.39, 0.29) is 0 Å². The molecular weight excluding hydrogens is 230 g/mol. The Balaban J connectivity index is 1.90. The third-order valence-electron chi connectivity index (χ3n) is 3.91. The molecule has 1 heteroatoms. The SMILES string of the molecule is Cc1ccccc1-c1cc(CNC2CC2)ccc1C. The smallest absolute Gasteiger partial charge is 0.0208 e. The van der Waals surface area contributed by atoms with Crippen LogP contribution in [0.1, 0.15) is 29.5 Å². The van der Waals surface area contributed by atoms with Crippen LogP contribution in [0.4, 0.5) is 0 Å². The Bertz CT molecular complexity index is 582. The van der Waals surface area contributed by atoms with E-state index in [1.54, 1.807) is 0 Å². The number of nitrogens with one attached hydrogen (secondary N) is 1. The predicted octanol–water partition coefficient (Wildman–Crippen LogP) is 4.22. The van der Waals surface area contributed by atoms with Crippen LogP contribution < -0.4 is 5.32 Å². The van der Waals surface area contributed by atoms with E-state index < -0.39 is 0 Å². The molecule has 1 N–H and O–H groups in total. The van der Waals surface area contributed by atoms with E-state index in [0.717, 1.165) is 12.6 Å². The molecule has 1 fully saturated rings. The van der Waals surface area contributed by atoms with Crippen LogP contribution in [0.3, 0.4) is 0 Å². The minimum atomic E-state index is 0.767. The zero-order chi connectivity index (χ0) is 13.2. The van der Waals surface area contributed by atoms with Crippen molar-refractivity contribution in [2.75, 3.05) is 0 Å². The molecule has 0 aromatic heterocycles. The van der Waals surface area contributed by atoms with E-state index in [1.165, 1.54) is 40.7 Å². The van der Waals surface area contributed by atoms with E-state index in [1.807, 2.05) is 0 Å². The fourth-order valence-corrected chi connectivity index (χ4v) is 2.49. The zero-order valence-electron chi connectivity index (χ0n) is 11.7. The van der Waals surface area contributed by atoms with E-state index in [4.69, 9.17) is 0 Å². The van der Waals surface area contributed by atoms with Crippen molar-refractivity contribution in [1.29, 1.82) is 0 Å². The highest BCUT2D eigenvalue weighted by atomic mass is 14.9. The van der Waals surface area contributed by atoms with E-state index in [9.17, 15) is 0 Å². The molecule has 0 atom stereocenters. The van der Waals surface area contributed by atoms with Crippen LogP contribution in [0.2, 0.25) is 0 Å². The number of rotatable bonds is 4. The Hall–Kier alpha value is -1.60. The molecular formula is C18H21N. The van der Waals surface area contributed by atoms with Crippen LogP contribution in [0.25, 0.3) is 11.1 Å². The first-order chi connectivity index (χ1) is 9.24. The molecule has 0 unspecified atom stereocenters. The summed E-state index contributed by atoms with van der Waals surface area (Å²) in [6.45, 7) is 5.37. The summed E-state index contributed by atoms with van der Waals surface area (Å²) >= 11 is 0. The van der Waals surface area contributed by atoms with E-state index in [0.29, 0.717) is 0 Å². The summed E-state index contributed by atoms with van der Waals surface area (Å²) in [5.74, 6) is 0. The van der Waals surface area contributed by atoms with Crippen LogP contribution in [0.15, 0.2) is 42.5 Å². The van der Waals surface area contributed by atoms with Gasteiger partial charge in [0.15, 0.2) is 0 Å². The Morgan fingerprint density at radius 3 is 2.42 bits per heavy atom. The molecule has 1 saturated carbocycles. The molecule has 0 spiro atoms. The maximum atomic E-state index is 3.59. The summed E-state index contributed by atoms with van der Waals surface area (Å²) in [6.07, 6.45) is 2.69. The second kappa shape index (κ2) is 5.18. The van der Waals surface area contributed by atoms with Crippen molar-refractivity contribution in [3.05, 3.63) is 59.2 Å². The van der Waals surface area contributed by atoms with E-state index >= 15 is 0 Å². The van der Waals surface area contributed by atoms with Crippen LogP contribution in [0.5, 0.6) is 0 Å². The highest BCUT2D eigenvalue weighted by Gasteiger charge is 2.20. The van der Waals surface area contributed by atoms with Gasteiger partial charge in [0.1, 0.15) is 0 Å². The van der Waals surface area contributed by atoms with Gasteiger partial charge >= 0.3 is 0 Å². The second-order valence-corrected chi connectivity index (χ2v) is 5.62. The van der Waals surface area contributed by atoms with Crippen molar-refractivity contribution in [2.45, 2.75) is 39.3 Å². The molecule has 0 saturated heterocycles. The van der Waals surface area contributed by atoms with Gasteiger partial charge in [-0.25, -0.2) is 0 Å². The van der Waals surface area contributed by atoms with Gasteiger partial charge in [-0.3, -0.25) is 0 Å². The average molecular weight is 251 g/mol. The number of hydrogen-bond donors (Lipinski definition) is 1. The molecule has 0 bridgehead atoms. The molecule has 0 heterocycles. The summed E-state index contributed by atoms with van der Waals surface area (Å²) in [5, 5.41) is 3.59. The molecule has 3 rings (SSSR count). The fraction of sp³-hybridized carbons (Fsp3) is 0.333. The lowest BCUT2D eigenvalue weighted by molar-refractivity contribution is 0.688. The minimum absolute atomic E-state index is 0.767. The second-order valence-electron chi connectivity index (χ2n) is 5.62. The number of hydrogen-bond acceptors (Lipinski definition) is 1. The van der Waals surface area contributed by atoms with Crippen LogP contribution in [-0.4, -0.2) is 6.04 Å². The molecule has 1 aliphatic carbocycles. The third kappa shape index (κ3) is 2.87. The van der Waals surface area contributed by atoms with Gasteiger partial charge in [-0.1, -0.05) is 36.4 Å². The van der Waals surface area contributed by atoms with Crippen LogP contribution >= 0.6 is 0 Å². The maximum Gasteiger partial charge on any atom is 0.0208 e. The van der Waals surface area contributed by atoms with Crippen LogP contribution in [-0.2, 0) is 6.54 Å². The molecule has 1 nitrogen and oxygen atoms in total. The van der Waals surface area contributed by atoms with Gasteiger partial charge in [-0.05, 0) is 60.6 Å². The summed E-state index contributed by atoms with van der Waals surface area (Å²) < 4.78 is 0. The van der Waals surface area contributed by atoms with Crippen molar-refractivity contribution in [1.82, 2.24) is 5.32 Å². The van der Waals surface area contributed by atoms with Gasteiger partial charge < -0.3 is 5.32 Å². The monoisotopic (exact) mass is 251 g/mol. The third-order valence-corrected chi connectivity index (χ3v) is 3.91. The lowest BCUT2D eigenvalue weighted by Crippen LogP contribution is -2.15. The van der Waals surface area contributed by atoms with Gasteiger partial charge in [0.2, 0.25) is 0 Å². The van der Waals surface area contributed by atoms with E-state index in [2.05, 4.69) is 61.6 Å². The zero-order valence-corrected chi connectivity index (χ0v) is 11.7. The fourth-order valence-electron chi connectivity index (χ4n) is 2.49. The van der Waals surface area contributed by atoms with Crippen molar-refractivity contribution < 1.29 is 0 Å². The molecule has 2 aromatic carbocycles. The molecule has 0 radical (unpaired) electrons. The molecule has 0 aliphatic heterocycles. The summed E-state index contributed by atoms with van der Waals surface area (Å²) in [4.78, 5) is 0. The topological polar surface area (TPSA) is 12.0 Å². The minimum Gasteiger partial charge on any atom is -0.310 e. The normalized spacial score (nSPS) is 14.6. The average Bonchev–Trinajstić information content (AvgIpc) is 3.23. The number of benzene rings is 2. The molecule has 98 valence electrons. The Kier molecular flexibility index (Phi) is 3.39. The maximum absolute atomic E-state index is 3.59. The lowest BCUT2D eigenvalue weighted by Gasteiger charge is -2.12. The van der Waals surface area contributed by atoms with Gasteiger partial charge in [0, 0.05) is 12.6 Å². The first-order valence-electron chi connectivity index (χ1n) is 7.13. The lowest BCUT2D eigenvalue weighted by atomic mass is 9.95.